The van der Waals surface area contributed by atoms with Crippen molar-refractivity contribution in [2.45, 2.75) is 44.9 Å². The third kappa shape index (κ3) is 3.20. The van der Waals surface area contributed by atoms with Crippen molar-refractivity contribution in [1.82, 2.24) is 4.90 Å². The quantitative estimate of drug-likeness (QED) is 0.815. The van der Waals surface area contributed by atoms with E-state index in [0.29, 0.717) is 19.4 Å². The molecule has 0 unspecified atom stereocenters. The van der Waals surface area contributed by atoms with Gasteiger partial charge in [-0.1, -0.05) is 19.3 Å². The van der Waals surface area contributed by atoms with Gasteiger partial charge in [0.25, 0.3) is 0 Å². The van der Waals surface area contributed by atoms with Gasteiger partial charge in [0.15, 0.2) is 0 Å². The fourth-order valence-electron chi connectivity index (χ4n) is 2.67. The Morgan fingerprint density at radius 2 is 1.94 bits per heavy atom. The summed E-state index contributed by atoms with van der Waals surface area (Å²) >= 11 is 0. The van der Waals surface area contributed by atoms with E-state index in [0.717, 1.165) is 25.3 Å². The highest BCUT2D eigenvalue weighted by molar-refractivity contribution is 5.78. The maximum Gasteiger partial charge on any atom is 0.308 e. The van der Waals surface area contributed by atoms with Gasteiger partial charge in [-0.2, -0.15) is 0 Å². The minimum atomic E-state index is -0.763. The monoisotopic (exact) mass is 239 g/mol. The standard InChI is InChI=1S/C13H21NO3/c15-12(7-6-10-3-1-4-10)14-8-2-5-11(9-14)13(16)17/h10-11H,1-9H2,(H,16,17)/t11-/m0/s1. The fraction of sp³-hybridized carbons (Fsp3) is 0.846. The number of piperidine rings is 1. The Bertz CT molecular complexity index is 299. The van der Waals surface area contributed by atoms with Gasteiger partial charge in [-0.3, -0.25) is 9.59 Å². The molecule has 0 radical (unpaired) electrons. The zero-order chi connectivity index (χ0) is 12.3. The van der Waals surface area contributed by atoms with Crippen molar-refractivity contribution in [3.05, 3.63) is 0 Å². The number of amides is 1. The lowest BCUT2D eigenvalue weighted by atomic mass is 9.82. The van der Waals surface area contributed by atoms with Gasteiger partial charge in [-0.25, -0.2) is 0 Å². The number of carboxylic acid groups (broad SMARTS) is 1. The molecule has 2 fully saturated rings. The van der Waals surface area contributed by atoms with Crippen molar-refractivity contribution in [3.8, 4) is 0 Å². The van der Waals surface area contributed by atoms with E-state index in [9.17, 15) is 9.59 Å². The molecule has 2 rings (SSSR count). The zero-order valence-electron chi connectivity index (χ0n) is 10.2. The third-order valence-corrected chi connectivity index (χ3v) is 4.11. The van der Waals surface area contributed by atoms with Crippen LogP contribution in [0.5, 0.6) is 0 Å². The first-order chi connectivity index (χ1) is 8.16. The Morgan fingerprint density at radius 1 is 1.18 bits per heavy atom. The fourth-order valence-corrected chi connectivity index (χ4v) is 2.67. The van der Waals surface area contributed by atoms with Gasteiger partial charge >= 0.3 is 5.97 Å². The summed E-state index contributed by atoms with van der Waals surface area (Å²) in [7, 11) is 0. The summed E-state index contributed by atoms with van der Waals surface area (Å²) in [4.78, 5) is 24.6. The number of aliphatic carboxylic acids is 1. The van der Waals surface area contributed by atoms with Crippen LogP contribution >= 0.6 is 0 Å². The molecule has 0 bridgehead atoms. The topological polar surface area (TPSA) is 57.6 Å². The van der Waals surface area contributed by atoms with E-state index in [1.807, 2.05) is 0 Å². The molecule has 0 spiro atoms. The molecule has 0 aromatic heterocycles. The molecule has 1 saturated carbocycles. The predicted molar refractivity (Wildman–Crippen MR) is 63.5 cm³/mol. The van der Waals surface area contributed by atoms with Crippen LogP contribution in [0.3, 0.4) is 0 Å². The van der Waals surface area contributed by atoms with Gasteiger partial charge in [0.1, 0.15) is 0 Å². The largest absolute Gasteiger partial charge is 0.481 e. The number of carbonyl (C=O) groups is 2. The van der Waals surface area contributed by atoms with E-state index < -0.39 is 5.97 Å². The second-order valence-electron chi connectivity index (χ2n) is 5.35. The second-order valence-corrected chi connectivity index (χ2v) is 5.35. The van der Waals surface area contributed by atoms with Crippen LogP contribution in [-0.4, -0.2) is 35.0 Å². The predicted octanol–water partition coefficient (Wildman–Crippen LogP) is 1.89. The average Bonchev–Trinajstić information content (AvgIpc) is 2.27. The van der Waals surface area contributed by atoms with Crippen LogP contribution in [0.15, 0.2) is 0 Å². The number of likely N-dealkylation sites (tertiary alicyclic amines) is 1. The zero-order valence-corrected chi connectivity index (χ0v) is 10.2. The number of carbonyl (C=O) groups excluding carboxylic acids is 1. The highest BCUT2D eigenvalue weighted by Gasteiger charge is 2.28. The molecule has 1 heterocycles. The molecule has 96 valence electrons. The summed E-state index contributed by atoms with van der Waals surface area (Å²) in [5.74, 6) is -0.209. The summed E-state index contributed by atoms with van der Waals surface area (Å²) in [6, 6.07) is 0. The molecule has 0 aromatic carbocycles. The van der Waals surface area contributed by atoms with Crippen LogP contribution < -0.4 is 0 Å². The van der Waals surface area contributed by atoms with E-state index >= 15 is 0 Å². The number of rotatable bonds is 4. The first-order valence-corrected chi connectivity index (χ1v) is 6.67. The Hall–Kier alpha value is -1.06. The van der Waals surface area contributed by atoms with Gasteiger partial charge in [0.2, 0.25) is 5.91 Å². The van der Waals surface area contributed by atoms with E-state index in [1.54, 1.807) is 4.90 Å². The summed E-state index contributed by atoms with van der Waals surface area (Å²) in [5.41, 5.74) is 0. The average molecular weight is 239 g/mol. The third-order valence-electron chi connectivity index (χ3n) is 4.11. The van der Waals surface area contributed by atoms with Crippen molar-refractivity contribution < 1.29 is 14.7 Å². The lowest BCUT2D eigenvalue weighted by molar-refractivity contribution is -0.145. The van der Waals surface area contributed by atoms with Crippen molar-refractivity contribution in [2.24, 2.45) is 11.8 Å². The van der Waals surface area contributed by atoms with Crippen molar-refractivity contribution in [3.63, 3.8) is 0 Å². The van der Waals surface area contributed by atoms with Gasteiger partial charge in [-0.05, 0) is 25.2 Å². The molecule has 1 atom stereocenters. The molecular formula is C13H21NO3. The van der Waals surface area contributed by atoms with Crippen LogP contribution in [0, 0.1) is 11.8 Å². The highest BCUT2D eigenvalue weighted by Crippen LogP contribution is 2.30. The molecule has 1 aliphatic carbocycles. The Labute approximate surface area is 102 Å². The van der Waals surface area contributed by atoms with E-state index in [-0.39, 0.29) is 11.8 Å². The Kier molecular flexibility index (Phi) is 4.02. The van der Waals surface area contributed by atoms with Crippen LogP contribution in [0.1, 0.15) is 44.9 Å². The smallest absolute Gasteiger partial charge is 0.308 e. The Balaban J connectivity index is 1.75. The lowest BCUT2D eigenvalue weighted by Crippen LogP contribution is -2.42. The molecule has 1 N–H and O–H groups in total. The molecule has 2 aliphatic rings. The van der Waals surface area contributed by atoms with Gasteiger partial charge in [0, 0.05) is 19.5 Å². The minimum absolute atomic E-state index is 0.155. The van der Waals surface area contributed by atoms with E-state index in [2.05, 4.69) is 0 Å². The molecule has 1 amide bonds. The summed E-state index contributed by atoms with van der Waals surface area (Å²) in [6.45, 7) is 1.16. The second kappa shape index (κ2) is 5.52. The maximum atomic E-state index is 11.9. The van der Waals surface area contributed by atoms with E-state index in [1.165, 1.54) is 19.3 Å². The SMILES string of the molecule is O=C(O)[C@H]1CCCN(C(=O)CCC2CCC2)C1. The van der Waals surface area contributed by atoms with Gasteiger partial charge in [-0.15, -0.1) is 0 Å². The van der Waals surface area contributed by atoms with Crippen LogP contribution in [0.4, 0.5) is 0 Å². The summed E-state index contributed by atoms with van der Waals surface area (Å²) in [5, 5.41) is 8.97. The van der Waals surface area contributed by atoms with Crippen molar-refractivity contribution in [2.75, 3.05) is 13.1 Å². The number of hydrogen-bond donors (Lipinski definition) is 1. The molecule has 4 heteroatoms. The summed E-state index contributed by atoms with van der Waals surface area (Å²) in [6.07, 6.45) is 6.98. The number of hydrogen-bond acceptors (Lipinski definition) is 2. The van der Waals surface area contributed by atoms with Crippen LogP contribution in [-0.2, 0) is 9.59 Å². The summed E-state index contributed by atoms with van der Waals surface area (Å²) < 4.78 is 0. The molecule has 17 heavy (non-hydrogen) atoms. The molecule has 1 saturated heterocycles. The first-order valence-electron chi connectivity index (χ1n) is 6.67. The van der Waals surface area contributed by atoms with Crippen molar-refractivity contribution in [1.29, 1.82) is 0 Å². The number of nitrogens with zero attached hydrogens (tertiary/aromatic N) is 1. The van der Waals surface area contributed by atoms with Crippen LogP contribution in [0.2, 0.25) is 0 Å². The van der Waals surface area contributed by atoms with Gasteiger partial charge in [0.05, 0.1) is 5.92 Å². The molecule has 4 nitrogen and oxygen atoms in total. The highest BCUT2D eigenvalue weighted by atomic mass is 16.4. The molecule has 0 aromatic rings. The van der Waals surface area contributed by atoms with E-state index in [4.69, 9.17) is 5.11 Å². The molecule has 1 aliphatic heterocycles. The Morgan fingerprint density at radius 3 is 2.53 bits per heavy atom. The number of carboxylic acids is 1. The van der Waals surface area contributed by atoms with Crippen molar-refractivity contribution >= 4 is 11.9 Å². The van der Waals surface area contributed by atoms with Gasteiger partial charge < -0.3 is 10.0 Å². The van der Waals surface area contributed by atoms with Crippen LogP contribution in [0.25, 0.3) is 0 Å². The molecular weight excluding hydrogens is 218 g/mol. The maximum absolute atomic E-state index is 11.9. The lowest BCUT2D eigenvalue weighted by Gasteiger charge is -2.32. The normalized spacial score (nSPS) is 25.4. The minimum Gasteiger partial charge on any atom is -0.481 e. The first kappa shape index (κ1) is 12.4.